The number of nitrogens with zero attached hydrogens (tertiary/aromatic N) is 3. The number of nitrogens with one attached hydrogen (secondary N) is 1. The average Bonchev–Trinajstić information content (AvgIpc) is 3.25. The molecule has 2 N–H and O–H groups in total. The van der Waals surface area contributed by atoms with Crippen LogP contribution in [0.3, 0.4) is 0 Å². The fraction of sp³-hybridized carbons (Fsp3) is 0.562. The highest BCUT2D eigenvalue weighted by atomic mass is 79.9. The topological polar surface area (TPSA) is 88.6 Å². The molecule has 1 amide bonds. The van der Waals surface area contributed by atoms with E-state index >= 15 is 0 Å². The van der Waals surface area contributed by atoms with Gasteiger partial charge in [-0.15, -0.1) is 0 Å². The van der Waals surface area contributed by atoms with Crippen LogP contribution < -0.4 is 10.9 Å². The standard InChI is InChI=1S/C16H21BrN4O3/c1-4-10-12(17)14-20(7-8(2)3)15(23)11(16(24)21(14)19-10)13(22)18-9-5-6-9/h8-9,23H,4-7H2,1-3H3,(H,18,22). The number of hydrogen-bond donors (Lipinski definition) is 2. The summed E-state index contributed by atoms with van der Waals surface area (Å²) < 4.78 is 3.48. The van der Waals surface area contributed by atoms with Crippen LogP contribution in [0, 0.1) is 5.92 Å². The number of aromatic nitrogens is 3. The lowest BCUT2D eigenvalue weighted by atomic mass is 10.2. The van der Waals surface area contributed by atoms with Gasteiger partial charge in [-0.05, 0) is 41.1 Å². The lowest BCUT2D eigenvalue weighted by Crippen LogP contribution is -2.34. The molecule has 0 spiro atoms. The van der Waals surface area contributed by atoms with Gasteiger partial charge in [0.05, 0.1) is 10.2 Å². The maximum atomic E-state index is 12.8. The van der Waals surface area contributed by atoms with E-state index in [0.29, 0.717) is 28.8 Å². The van der Waals surface area contributed by atoms with Gasteiger partial charge in [0.2, 0.25) is 5.88 Å². The first-order valence-electron chi connectivity index (χ1n) is 8.18. The Balaban J connectivity index is 2.28. The van der Waals surface area contributed by atoms with Crippen molar-refractivity contribution in [2.45, 2.75) is 52.6 Å². The molecule has 2 aromatic rings. The molecule has 0 atom stereocenters. The van der Waals surface area contributed by atoms with Crippen LogP contribution in [0.5, 0.6) is 5.88 Å². The Morgan fingerprint density at radius 2 is 2.12 bits per heavy atom. The minimum Gasteiger partial charge on any atom is -0.494 e. The van der Waals surface area contributed by atoms with Gasteiger partial charge in [-0.1, -0.05) is 20.8 Å². The van der Waals surface area contributed by atoms with Gasteiger partial charge < -0.3 is 10.4 Å². The van der Waals surface area contributed by atoms with E-state index in [9.17, 15) is 14.7 Å². The number of halogens is 1. The molecule has 2 aromatic heterocycles. The van der Waals surface area contributed by atoms with Crippen LogP contribution >= 0.6 is 15.9 Å². The number of carbonyl (C=O) groups excluding carboxylic acids is 1. The summed E-state index contributed by atoms with van der Waals surface area (Å²) in [4.78, 5) is 25.2. The van der Waals surface area contributed by atoms with Crippen molar-refractivity contribution in [1.82, 2.24) is 19.5 Å². The summed E-state index contributed by atoms with van der Waals surface area (Å²) in [5.74, 6) is -0.625. The lowest BCUT2D eigenvalue weighted by molar-refractivity contribution is 0.0944. The molecular weight excluding hydrogens is 376 g/mol. The Kier molecular flexibility index (Phi) is 4.42. The number of carbonyl (C=O) groups is 1. The number of fused-ring (bicyclic) bond motifs is 1. The molecule has 130 valence electrons. The van der Waals surface area contributed by atoms with Gasteiger partial charge in [-0.2, -0.15) is 9.61 Å². The maximum absolute atomic E-state index is 12.8. The van der Waals surface area contributed by atoms with Crippen molar-refractivity contribution in [3.05, 3.63) is 26.1 Å². The third kappa shape index (κ3) is 2.83. The first-order chi connectivity index (χ1) is 11.3. The van der Waals surface area contributed by atoms with E-state index in [1.807, 2.05) is 20.8 Å². The lowest BCUT2D eigenvalue weighted by Gasteiger charge is -2.16. The number of hydrogen-bond acceptors (Lipinski definition) is 4. The smallest absolute Gasteiger partial charge is 0.291 e. The van der Waals surface area contributed by atoms with Crippen LogP contribution in [-0.2, 0) is 13.0 Å². The molecule has 0 saturated heterocycles. The van der Waals surface area contributed by atoms with Gasteiger partial charge in [0, 0.05) is 12.6 Å². The third-order valence-electron chi connectivity index (χ3n) is 4.03. The number of aryl methyl sites for hydroxylation is 1. The van der Waals surface area contributed by atoms with Gasteiger partial charge in [0.25, 0.3) is 11.5 Å². The molecule has 0 aromatic carbocycles. The minimum atomic E-state index is -0.596. The van der Waals surface area contributed by atoms with E-state index in [4.69, 9.17) is 0 Å². The van der Waals surface area contributed by atoms with Crippen molar-refractivity contribution in [1.29, 1.82) is 0 Å². The van der Waals surface area contributed by atoms with Crippen LogP contribution in [0.4, 0.5) is 0 Å². The van der Waals surface area contributed by atoms with Crippen molar-refractivity contribution in [2.24, 2.45) is 5.92 Å². The summed E-state index contributed by atoms with van der Waals surface area (Å²) in [6.45, 7) is 6.41. The second kappa shape index (κ2) is 6.23. The Morgan fingerprint density at radius 3 is 2.67 bits per heavy atom. The fourth-order valence-electron chi connectivity index (χ4n) is 2.69. The minimum absolute atomic E-state index is 0.0982. The number of rotatable bonds is 5. The predicted molar refractivity (Wildman–Crippen MR) is 93.5 cm³/mol. The molecule has 8 heteroatoms. The zero-order valence-corrected chi connectivity index (χ0v) is 15.6. The molecule has 0 bridgehead atoms. The molecule has 7 nitrogen and oxygen atoms in total. The van der Waals surface area contributed by atoms with Crippen LogP contribution in [0.15, 0.2) is 9.27 Å². The van der Waals surface area contributed by atoms with E-state index in [1.54, 1.807) is 4.57 Å². The SMILES string of the molecule is CCc1nn2c(=O)c(C(=O)NC3CC3)c(O)n(CC(C)C)c2c1Br. The molecular formula is C16H21BrN4O3. The fourth-order valence-corrected chi connectivity index (χ4v) is 3.43. The molecule has 1 fully saturated rings. The van der Waals surface area contributed by atoms with Crippen molar-refractivity contribution in [2.75, 3.05) is 0 Å². The van der Waals surface area contributed by atoms with E-state index in [-0.39, 0.29) is 23.4 Å². The van der Waals surface area contributed by atoms with Crippen molar-refractivity contribution in [3.8, 4) is 5.88 Å². The van der Waals surface area contributed by atoms with Crippen molar-refractivity contribution in [3.63, 3.8) is 0 Å². The summed E-state index contributed by atoms with van der Waals surface area (Å²) in [6, 6.07) is 0.0982. The summed E-state index contributed by atoms with van der Waals surface area (Å²) >= 11 is 3.48. The molecule has 0 aliphatic heterocycles. The Bertz CT molecular complexity index is 865. The van der Waals surface area contributed by atoms with Gasteiger partial charge in [-0.25, -0.2) is 0 Å². The van der Waals surface area contributed by atoms with E-state index in [0.717, 1.165) is 12.8 Å². The first-order valence-corrected chi connectivity index (χ1v) is 8.98. The van der Waals surface area contributed by atoms with Crippen LogP contribution in [0.25, 0.3) is 5.65 Å². The second-order valence-corrected chi connectivity index (χ2v) is 7.40. The first kappa shape index (κ1) is 17.0. The largest absolute Gasteiger partial charge is 0.494 e. The molecule has 0 unspecified atom stereocenters. The molecule has 1 aliphatic carbocycles. The van der Waals surface area contributed by atoms with Crippen LogP contribution in [-0.4, -0.2) is 31.2 Å². The summed E-state index contributed by atoms with van der Waals surface area (Å²) in [6.07, 6.45) is 2.44. The maximum Gasteiger partial charge on any atom is 0.291 e. The molecule has 0 radical (unpaired) electrons. The quantitative estimate of drug-likeness (QED) is 0.809. The van der Waals surface area contributed by atoms with Gasteiger partial charge in [0.15, 0.2) is 11.2 Å². The monoisotopic (exact) mass is 396 g/mol. The van der Waals surface area contributed by atoms with Crippen molar-refractivity contribution >= 4 is 27.5 Å². The zero-order chi connectivity index (χ0) is 17.6. The summed E-state index contributed by atoms with van der Waals surface area (Å²) in [5.41, 5.74) is 0.350. The number of amides is 1. The molecule has 1 aliphatic rings. The van der Waals surface area contributed by atoms with E-state index in [2.05, 4.69) is 26.3 Å². The van der Waals surface area contributed by atoms with Crippen LogP contribution in [0.1, 0.15) is 49.7 Å². The highest BCUT2D eigenvalue weighted by Crippen LogP contribution is 2.28. The second-order valence-electron chi connectivity index (χ2n) is 6.61. The number of aromatic hydroxyl groups is 1. The van der Waals surface area contributed by atoms with Gasteiger partial charge in [-0.3, -0.25) is 14.2 Å². The molecule has 3 rings (SSSR count). The third-order valence-corrected chi connectivity index (χ3v) is 4.85. The van der Waals surface area contributed by atoms with Gasteiger partial charge >= 0.3 is 0 Å². The Labute approximate surface area is 147 Å². The van der Waals surface area contributed by atoms with Gasteiger partial charge in [0.1, 0.15) is 0 Å². The highest BCUT2D eigenvalue weighted by molar-refractivity contribution is 9.10. The van der Waals surface area contributed by atoms with E-state index < -0.39 is 11.5 Å². The highest BCUT2D eigenvalue weighted by Gasteiger charge is 2.30. The van der Waals surface area contributed by atoms with E-state index in [1.165, 1.54) is 4.52 Å². The molecule has 2 heterocycles. The normalized spacial score (nSPS) is 14.5. The van der Waals surface area contributed by atoms with Crippen molar-refractivity contribution < 1.29 is 9.90 Å². The molecule has 1 saturated carbocycles. The average molecular weight is 397 g/mol. The zero-order valence-electron chi connectivity index (χ0n) is 14.0. The Morgan fingerprint density at radius 1 is 1.46 bits per heavy atom. The molecule has 24 heavy (non-hydrogen) atoms. The van der Waals surface area contributed by atoms with Crippen LogP contribution in [0.2, 0.25) is 0 Å². The predicted octanol–water partition coefficient (Wildman–Crippen LogP) is 2.07. The summed E-state index contributed by atoms with van der Waals surface area (Å²) in [5, 5.41) is 17.8. The summed E-state index contributed by atoms with van der Waals surface area (Å²) in [7, 11) is 0. The Hall–Kier alpha value is -1.83.